The molecule has 0 bridgehead atoms. The van der Waals surface area contributed by atoms with Crippen LogP contribution < -0.4 is 10.2 Å². The van der Waals surface area contributed by atoms with E-state index in [0.29, 0.717) is 13.1 Å². The highest BCUT2D eigenvalue weighted by atomic mass is 32.1. The number of aryl methyl sites for hydroxylation is 2. The molecule has 1 saturated heterocycles. The molecule has 6 heteroatoms. The molecule has 1 aliphatic heterocycles. The van der Waals surface area contributed by atoms with Gasteiger partial charge in [0.15, 0.2) is 0 Å². The van der Waals surface area contributed by atoms with Gasteiger partial charge < -0.3 is 10.2 Å². The Kier molecular flexibility index (Phi) is 5.09. The summed E-state index contributed by atoms with van der Waals surface area (Å²) in [6.07, 6.45) is 3.64. The number of anilines is 1. The van der Waals surface area contributed by atoms with Gasteiger partial charge in [-0.05, 0) is 42.5 Å². The van der Waals surface area contributed by atoms with Gasteiger partial charge in [0, 0.05) is 29.6 Å². The number of nitrogens with zero attached hydrogens (tertiary/aromatic N) is 2. The van der Waals surface area contributed by atoms with Crippen molar-refractivity contribution in [2.45, 2.75) is 32.2 Å². The van der Waals surface area contributed by atoms with Crippen molar-refractivity contribution < 1.29 is 9.59 Å². The number of benzene rings is 2. The van der Waals surface area contributed by atoms with Crippen molar-refractivity contribution in [2.24, 2.45) is 5.92 Å². The second-order valence-corrected chi connectivity index (χ2v) is 8.86. The summed E-state index contributed by atoms with van der Waals surface area (Å²) in [6, 6.07) is 16.3. The first-order valence-corrected chi connectivity index (χ1v) is 11.2. The Labute approximate surface area is 179 Å². The monoisotopic (exact) mass is 417 g/mol. The lowest BCUT2D eigenvalue weighted by Crippen LogP contribution is -2.32. The summed E-state index contributed by atoms with van der Waals surface area (Å²) in [5.74, 6) is -0.378. The standard InChI is InChI=1S/C24H23N3O2S/c28-23-12-19(14-27(23)20-10-9-16-7-4-8-18(16)11-20)24(29)25-13-22-26-21(15-30-22)17-5-2-1-3-6-17/h1-3,5-6,9-11,15,19H,4,7-8,12-14H2,(H,25,29)/t19-/m0/s1. The summed E-state index contributed by atoms with van der Waals surface area (Å²) in [5.41, 5.74) is 5.63. The van der Waals surface area contributed by atoms with E-state index in [4.69, 9.17) is 0 Å². The normalized spacial score (nSPS) is 17.9. The SMILES string of the molecule is O=C(NCc1nc(-c2ccccc2)cs1)[C@H]1CC(=O)N(c2ccc3c(c2)CCC3)C1. The van der Waals surface area contributed by atoms with Gasteiger partial charge >= 0.3 is 0 Å². The molecule has 30 heavy (non-hydrogen) atoms. The highest BCUT2D eigenvalue weighted by Crippen LogP contribution is 2.30. The lowest BCUT2D eigenvalue weighted by molar-refractivity contribution is -0.126. The van der Waals surface area contributed by atoms with Gasteiger partial charge in [-0.15, -0.1) is 11.3 Å². The number of hydrogen-bond acceptors (Lipinski definition) is 4. The fourth-order valence-corrected chi connectivity index (χ4v) is 5.04. The van der Waals surface area contributed by atoms with Crippen molar-refractivity contribution >= 4 is 28.8 Å². The zero-order chi connectivity index (χ0) is 20.5. The Balaban J connectivity index is 1.20. The number of rotatable bonds is 5. The summed E-state index contributed by atoms with van der Waals surface area (Å²) in [6.45, 7) is 0.830. The van der Waals surface area contributed by atoms with Gasteiger partial charge in [-0.3, -0.25) is 9.59 Å². The van der Waals surface area contributed by atoms with Crippen LogP contribution in [0.5, 0.6) is 0 Å². The Morgan fingerprint density at radius 2 is 1.97 bits per heavy atom. The Morgan fingerprint density at radius 1 is 1.13 bits per heavy atom. The number of thiazole rings is 1. The maximum Gasteiger partial charge on any atom is 0.227 e. The number of nitrogens with one attached hydrogen (secondary N) is 1. The molecule has 2 amide bonds. The highest BCUT2D eigenvalue weighted by Gasteiger charge is 2.35. The smallest absolute Gasteiger partial charge is 0.227 e. The first kappa shape index (κ1) is 19.0. The van der Waals surface area contributed by atoms with E-state index in [1.54, 1.807) is 4.90 Å². The molecule has 2 aliphatic rings. The van der Waals surface area contributed by atoms with Gasteiger partial charge in [0.25, 0.3) is 0 Å². The van der Waals surface area contributed by atoms with Crippen LogP contribution in [0.3, 0.4) is 0 Å². The van der Waals surface area contributed by atoms with Crippen molar-refractivity contribution in [3.8, 4) is 11.3 Å². The van der Waals surface area contributed by atoms with Gasteiger partial charge in [-0.2, -0.15) is 0 Å². The van der Waals surface area contributed by atoms with Gasteiger partial charge in [0.1, 0.15) is 5.01 Å². The lowest BCUT2D eigenvalue weighted by atomic mass is 10.1. The number of aromatic nitrogens is 1. The quantitative estimate of drug-likeness (QED) is 0.683. The minimum atomic E-state index is -0.320. The summed E-state index contributed by atoms with van der Waals surface area (Å²) < 4.78 is 0. The van der Waals surface area contributed by atoms with Crippen molar-refractivity contribution in [2.75, 3.05) is 11.4 Å². The summed E-state index contributed by atoms with van der Waals surface area (Å²) >= 11 is 1.54. The number of hydrogen-bond donors (Lipinski definition) is 1. The van der Waals surface area contributed by atoms with E-state index < -0.39 is 0 Å². The van der Waals surface area contributed by atoms with Crippen molar-refractivity contribution in [1.29, 1.82) is 0 Å². The predicted molar refractivity (Wildman–Crippen MR) is 118 cm³/mol. The number of carbonyl (C=O) groups is 2. The largest absolute Gasteiger partial charge is 0.349 e. The molecule has 152 valence electrons. The van der Waals surface area contributed by atoms with E-state index in [9.17, 15) is 9.59 Å². The van der Waals surface area contributed by atoms with E-state index >= 15 is 0 Å². The minimum Gasteiger partial charge on any atom is -0.349 e. The zero-order valence-corrected chi connectivity index (χ0v) is 17.5. The molecular formula is C24H23N3O2S. The Morgan fingerprint density at radius 3 is 2.83 bits per heavy atom. The minimum absolute atomic E-state index is 0.0220. The van der Waals surface area contributed by atoms with Gasteiger partial charge in [-0.1, -0.05) is 36.4 Å². The molecular weight excluding hydrogens is 394 g/mol. The molecule has 0 saturated carbocycles. The first-order valence-electron chi connectivity index (χ1n) is 10.4. The van der Waals surface area contributed by atoms with Crippen LogP contribution in [-0.2, 0) is 29.0 Å². The average molecular weight is 418 g/mol. The first-order chi connectivity index (χ1) is 14.7. The van der Waals surface area contributed by atoms with Gasteiger partial charge in [0.05, 0.1) is 18.2 Å². The van der Waals surface area contributed by atoms with Crippen molar-refractivity contribution in [3.05, 3.63) is 70.0 Å². The topological polar surface area (TPSA) is 62.3 Å². The molecule has 5 nitrogen and oxygen atoms in total. The molecule has 0 unspecified atom stereocenters. The predicted octanol–water partition coefficient (Wildman–Crippen LogP) is 3.97. The molecule has 2 heterocycles. The van der Waals surface area contributed by atoms with E-state index in [-0.39, 0.29) is 24.2 Å². The number of amides is 2. The maximum absolute atomic E-state index is 12.7. The average Bonchev–Trinajstić information content (AvgIpc) is 3.51. The molecule has 2 aromatic carbocycles. The van der Waals surface area contributed by atoms with Crippen LogP contribution >= 0.6 is 11.3 Å². The van der Waals surface area contributed by atoms with Crippen LogP contribution in [0, 0.1) is 5.92 Å². The third-order valence-electron chi connectivity index (χ3n) is 5.92. The fourth-order valence-electron chi connectivity index (χ4n) is 4.30. The molecule has 5 rings (SSSR count). The third kappa shape index (κ3) is 3.75. The Hall–Kier alpha value is -2.99. The third-order valence-corrected chi connectivity index (χ3v) is 6.77. The van der Waals surface area contributed by atoms with Crippen LogP contribution in [0.1, 0.15) is 29.0 Å². The molecule has 1 aromatic heterocycles. The van der Waals surface area contributed by atoms with Crippen LogP contribution in [0.25, 0.3) is 11.3 Å². The molecule has 1 aliphatic carbocycles. The van der Waals surface area contributed by atoms with E-state index in [2.05, 4.69) is 22.4 Å². The Bertz CT molecular complexity index is 1090. The van der Waals surface area contributed by atoms with Gasteiger partial charge in [0.2, 0.25) is 11.8 Å². The molecule has 0 radical (unpaired) electrons. The van der Waals surface area contributed by atoms with Crippen molar-refractivity contribution in [1.82, 2.24) is 10.3 Å². The molecule has 3 aromatic rings. The zero-order valence-electron chi connectivity index (χ0n) is 16.6. The summed E-state index contributed by atoms with van der Waals surface area (Å²) in [5, 5.41) is 5.84. The fraction of sp³-hybridized carbons (Fsp3) is 0.292. The van der Waals surface area contributed by atoms with E-state index in [0.717, 1.165) is 34.8 Å². The van der Waals surface area contributed by atoms with E-state index in [1.165, 1.54) is 28.9 Å². The molecule has 1 atom stereocenters. The second-order valence-electron chi connectivity index (χ2n) is 7.92. The van der Waals surface area contributed by atoms with E-state index in [1.807, 2.05) is 41.8 Å². The van der Waals surface area contributed by atoms with Crippen LogP contribution in [0.4, 0.5) is 5.69 Å². The van der Waals surface area contributed by atoms with Crippen molar-refractivity contribution in [3.63, 3.8) is 0 Å². The molecule has 0 spiro atoms. The van der Waals surface area contributed by atoms with Crippen LogP contribution in [-0.4, -0.2) is 23.3 Å². The summed E-state index contributed by atoms with van der Waals surface area (Å²) in [7, 11) is 0. The van der Waals surface area contributed by atoms with Gasteiger partial charge in [-0.25, -0.2) is 4.98 Å². The summed E-state index contributed by atoms with van der Waals surface area (Å²) in [4.78, 5) is 31.6. The van der Waals surface area contributed by atoms with Crippen LogP contribution in [0.2, 0.25) is 0 Å². The maximum atomic E-state index is 12.7. The number of carbonyl (C=O) groups excluding carboxylic acids is 2. The lowest BCUT2D eigenvalue weighted by Gasteiger charge is -2.18. The number of fused-ring (bicyclic) bond motifs is 1. The van der Waals surface area contributed by atoms with Crippen LogP contribution in [0.15, 0.2) is 53.9 Å². The molecule has 1 N–H and O–H groups in total. The second kappa shape index (κ2) is 8.03. The highest BCUT2D eigenvalue weighted by molar-refractivity contribution is 7.09. The molecule has 1 fully saturated rings.